The second-order valence-corrected chi connectivity index (χ2v) is 5.81. The molecule has 0 aliphatic carbocycles. The highest BCUT2D eigenvalue weighted by Gasteiger charge is 2.19. The predicted octanol–water partition coefficient (Wildman–Crippen LogP) is 4.36. The summed E-state index contributed by atoms with van der Waals surface area (Å²) in [5, 5.41) is 1.06. The standard InChI is InChI=1S/C9H18Br2/c1-4-5-9(2,3)6-8(11)7-10/h8H,4-7H2,1-3H3. The molecule has 0 nitrogen and oxygen atoms in total. The van der Waals surface area contributed by atoms with E-state index in [2.05, 4.69) is 52.6 Å². The first kappa shape index (κ1) is 12.0. The van der Waals surface area contributed by atoms with Gasteiger partial charge >= 0.3 is 0 Å². The minimum absolute atomic E-state index is 0.497. The lowest BCUT2D eigenvalue weighted by atomic mass is 9.84. The topological polar surface area (TPSA) is 0 Å². The summed E-state index contributed by atoms with van der Waals surface area (Å²) in [5.41, 5.74) is 0.497. The predicted molar refractivity (Wildman–Crippen MR) is 59.8 cm³/mol. The lowest BCUT2D eigenvalue weighted by Gasteiger charge is -2.25. The van der Waals surface area contributed by atoms with Crippen LogP contribution in [0, 0.1) is 5.41 Å². The summed E-state index contributed by atoms with van der Waals surface area (Å²) in [6.45, 7) is 6.93. The average molecular weight is 286 g/mol. The van der Waals surface area contributed by atoms with Crippen molar-refractivity contribution in [3.05, 3.63) is 0 Å². The molecule has 0 radical (unpaired) electrons. The molecule has 0 spiro atoms. The van der Waals surface area contributed by atoms with Gasteiger partial charge in [-0.2, -0.15) is 0 Å². The highest BCUT2D eigenvalue weighted by Crippen LogP contribution is 2.31. The van der Waals surface area contributed by atoms with Gasteiger partial charge in [-0.15, -0.1) is 0 Å². The lowest BCUT2D eigenvalue weighted by molar-refractivity contribution is 0.307. The van der Waals surface area contributed by atoms with E-state index in [0.29, 0.717) is 10.2 Å². The first-order chi connectivity index (χ1) is 5.02. The summed E-state index contributed by atoms with van der Waals surface area (Å²) < 4.78 is 0. The zero-order chi connectivity index (χ0) is 8.91. The molecule has 0 heterocycles. The van der Waals surface area contributed by atoms with Gasteiger partial charge in [-0.05, 0) is 18.3 Å². The molecule has 1 atom stereocenters. The number of hydrogen-bond donors (Lipinski definition) is 0. The van der Waals surface area contributed by atoms with Crippen LogP contribution in [0.15, 0.2) is 0 Å². The molecule has 0 aliphatic heterocycles. The Morgan fingerprint density at radius 2 is 1.91 bits per heavy atom. The molecular formula is C9H18Br2. The van der Waals surface area contributed by atoms with Crippen LogP contribution in [0.25, 0.3) is 0 Å². The van der Waals surface area contributed by atoms with Crippen molar-refractivity contribution in [1.82, 2.24) is 0 Å². The highest BCUT2D eigenvalue weighted by molar-refractivity contribution is 9.12. The molecule has 0 rings (SSSR count). The van der Waals surface area contributed by atoms with E-state index in [1.807, 2.05) is 0 Å². The van der Waals surface area contributed by atoms with Gasteiger partial charge in [-0.1, -0.05) is 59.1 Å². The number of hydrogen-bond acceptors (Lipinski definition) is 0. The van der Waals surface area contributed by atoms with E-state index in [-0.39, 0.29) is 0 Å². The van der Waals surface area contributed by atoms with Crippen LogP contribution in [0.2, 0.25) is 0 Å². The van der Waals surface area contributed by atoms with Gasteiger partial charge in [0, 0.05) is 10.2 Å². The van der Waals surface area contributed by atoms with E-state index in [1.165, 1.54) is 19.3 Å². The zero-order valence-corrected chi connectivity index (χ0v) is 10.8. The molecule has 0 bridgehead atoms. The van der Waals surface area contributed by atoms with E-state index in [9.17, 15) is 0 Å². The van der Waals surface area contributed by atoms with E-state index in [0.717, 1.165) is 5.33 Å². The molecule has 0 N–H and O–H groups in total. The molecule has 0 aromatic heterocycles. The van der Waals surface area contributed by atoms with Crippen LogP contribution < -0.4 is 0 Å². The van der Waals surface area contributed by atoms with Crippen LogP contribution in [0.4, 0.5) is 0 Å². The Morgan fingerprint density at radius 3 is 2.27 bits per heavy atom. The Hall–Kier alpha value is 0.960. The molecule has 0 aromatic carbocycles. The van der Waals surface area contributed by atoms with E-state index in [4.69, 9.17) is 0 Å². The third kappa shape index (κ3) is 6.15. The number of rotatable bonds is 5. The van der Waals surface area contributed by atoms with Gasteiger partial charge in [-0.25, -0.2) is 0 Å². The Balaban J connectivity index is 3.70. The Kier molecular flexibility index (Phi) is 6.07. The van der Waals surface area contributed by atoms with Crippen LogP contribution in [0.3, 0.4) is 0 Å². The summed E-state index contributed by atoms with van der Waals surface area (Å²) >= 11 is 7.11. The zero-order valence-electron chi connectivity index (χ0n) is 7.66. The van der Waals surface area contributed by atoms with Crippen molar-refractivity contribution in [3.63, 3.8) is 0 Å². The molecule has 0 fully saturated rings. The van der Waals surface area contributed by atoms with E-state index in [1.54, 1.807) is 0 Å². The van der Waals surface area contributed by atoms with Gasteiger partial charge in [0.1, 0.15) is 0 Å². The van der Waals surface area contributed by atoms with Crippen molar-refractivity contribution in [3.8, 4) is 0 Å². The third-order valence-corrected chi connectivity index (χ3v) is 4.17. The first-order valence-corrected chi connectivity index (χ1v) is 6.25. The monoisotopic (exact) mass is 284 g/mol. The molecule has 2 heteroatoms. The molecular weight excluding hydrogens is 268 g/mol. The van der Waals surface area contributed by atoms with Gasteiger partial charge in [0.2, 0.25) is 0 Å². The Bertz CT molecular complexity index is 99.7. The summed E-state index contributed by atoms with van der Waals surface area (Å²) in [4.78, 5) is 0.629. The van der Waals surface area contributed by atoms with Gasteiger partial charge in [0.25, 0.3) is 0 Å². The summed E-state index contributed by atoms with van der Waals surface area (Å²) in [6, 6.07) is 0. The largest absolute Gasteiger partial charge is 0.0916 e. The Labute approximate surface area is 87.4 Å². The maximum atomic E-state index is 3.64. The fourth-order valence-corrected chi connectivity index (χ4v) is 2.54. The van der Waals surface area contributed by atoms with Crippen molar-refractivity contribution >= 4 is 31.9 Å². The van der Waals surface area contributed by atoms with E-state index >= 15 is 0 Å². The van der Waals surface area contributed by atoms with E-state index < -0.39 is 0 Å². The van der Waals surface area contributed by atoms with Crippen LogP contribution in [-0.4, -0.2) is 10.2 Å². The van der Waals surface area contributed by atoms with Gasteiger partial charge in [-0.3, -0.25) is 0 Å². The first-order valence-electron chi connectivity index (χ1n) is 4.22. The van der Waals surface area contributed by atoms with Crippen LogP contribution in [0.1, 0.15) is 40.0 Å². The van der Waals surface area contributed by atoms with Crippen molar-refractivity contribution in [2.45, 2.75) is 44.9 Å². The number of alkyl halides is 2. The quantitative estimate of drug-likeness (QED) is 0.659. The normalized spacial score (nSPS) is 15.0. The number of halogens is 2. The molecule has 1 unspecified atom stereocenters. The molecule has 68 valence electrons. The molecule has 0 amide bonds. The minimum atomic E-state index is 0.497. The fourth-order valence-electron chi connectivity index (χ4n) is 1.43. The Morgan fingerprint density at radius 1 is 1.36 bits per heavy atom. The summed E-state index contributed by atoms with van der Waals surface area (Å²) in [6.07, 6.45) is 3.86. The minimum Gasteiger partial charge on any atom is -0.0916 e. The van der Waals surface area contributed by atoms with Crippen molar-refractivity contribution < 1.29 is 0 Å². The van der Waals surface area contributed by atoms with Crippen LogP contribution >= 0.6 is 31.9 Å². The molecule has 0 aliphatic rings. The highest BCUT2D eigenvalue weighted by atomic mass is 79.9. The molecule has 0 saturated carbocycles. The fraction of sp³-hybridized carbons (Fsp3) is 1.00. The molecule has 11 heavy (non-hydrogen) atoms. The third-order valence-electron chi connectivity index (χ3n) is 1.87. The average Bonchev–Trinajstić information content (AvgIpc) is 1.86. The van der Waals surface area contributed by atoms with Gasteiger partial charge in [0.05, 0.1) is 0 Å². The van der Waals surface area contributed by atoms with Crippen molar-refractivity contribution in [2.75, 3.05) is 5.33 Å². The maximum absolute atomic E-state index is 3.64. The smallest absolute Gasteiger partial charge is 0.0247 e. The van der Waals surface area contributed by atoms with Gasteiger partial charge < -0.3 is 0 Å². The van der Waals surface area contributed by atoms with Gasteiger partial charge in [0.15, 0.2) is 0 Å². The van der Waals surface area contributed by atoms with Crippen LogP contribution in [-0.2, 0) is 0 Å². The van der Waals surface area contributed by atoms with Crippen LogP contribution in [0.5, 0.6) is 0 Å². The SMILES string of the molecule is CCCC(C)(C)CC(Br)CBr. The summed E-state index contributed by atoms with van der Waals surface area (Å²) in [5.74, 6) is 0. The maximum Gasteiger partial charge on any atom is 0.0247 e. The molecule has 0 aromatic rings. The second kappa shape index (κ2) is 5.58. The second-order valence-electron chi connectivity index (χ2n) is 3.87. The molecule has 0 saturated heterocycles. The van der Waals surface area contributed by atoms with Crippen molar-refractivity contribution in [2.24, 2.45) is 5.41 Å². The van der Waals surface area contributed by atoms with Crippen molar-refractivity contribution in [1.29, 1.82) is 0 Å². The summed E-state index contributed by atoms with van der Waals surface area (Å²) in [7, 11) is 0. The lowest BCUT2D eigenvalue weighted by Crippen LogP contribution is -2.17.